The largest absolute Gasteiger partial charge is 0.486 e. The molecular formula is C21H23NO5. The summed E-state index contributed by atoms with van der Waals surface area (Å²) in [6.45, 7) is 6.27. The fraction of sp³-hybridized carbons (Fsp3) is 0.333. The van der Waals surface area contributed by atoms with Crippen molar-refractivity contribution < 1.29 is 24.2 Å². The van der Waals surface area contributed by atoms with Crippen LogP contribution in [0.1, 0.15) is 37.8 Å². The highest BCUT2D eigenvalue weighted by Crippen LogP contribution is 2.35. The molecule has 1 aliphatic rings. The van der Waals surface area contributed by atoms with E-state index in [2.05, 4.69) is 5.32 Å². The Morgan fingerprint density at radius 3 is 2.48 bits per heavy atom. The molecule has 27 heavy (non-hydrogen) atoms. The van der Waals surface area contributed by atoms with Crippen molar-refractivity contribution in [2.24, 2.45) is 0 Å². The van der Waals surface area contributed by atoms with E-state index >= 15 is 0 Å². The van der Waals surface area contributed by atoms with Crippen LogP contribution in [0.3, 0.4) is 0 Å². The molecule has 2 aromatic rings. The summed E-state index contributed by atoms with van der Waals surface area (Å²) >= 11 is 0. The molecule has 0 bridgehead atoms. The lowest BCUT2D eigenvalue weighted by atomic mass is 9.83. The zero-order chi connectivity index (χ0) is 19.6. The maximum Gasteiger partial charge on any atom is 0.310 e. The Hall–Kier alpha value is -3.02. The van der Waals surface area contributed by atoms with Gasteiger partial charge in [0.1, 0.15) is 13.2 Å². The second-order valence-corrected chi connectivity index (χ2v) is 7.12. The van der Waals surface area contributed by atoms with Gasteiger partial charge in [-0.3, -0.25) is 9.59 Å². The molecule has 1 amide bonds. The second-order valence-electron chi connectivity index (χ2n) is 7.12. The fourth-order valence-corrected chi connectivity index (χ4v) is 2.88. The minimum Gasteiger partial charge on any atom is -0.486 e. The number of rotatable bonds is 5. The summed E-state index contributed by atoms with van der Waals surface area (Å²) in [6.07, 6.45) is 0. The molecule has 1 atom stereocenters. The van der Waals surface area contributed by atoms with Gasteiger partial charge in [-0.2, -0.15) is 0 Å². The lowest BCUT2D eigenvalue weighted by Gasteiger charge is -2.26. The number of nitrogens with one attached hydrogen (secondary N) is 1. The Bertz CT molecular complexity index is 875. The third-order valence-corrected chi connectivity index (χ3v) is 4.85. The number of amides is 1. The molecule has 0 aliphatic carbocycles. The van der Waals surface area contributed by atoms with Gasteiger partial charge in [0.15, 0.2) is 11.5 Å². The number of hydrogen-bond donors (Lipinski definition) is 2. The number of ether oxygens (including phenoxy) is 2. The Kier molecular flexibility index (Phi) is 5.08. The van der Waals surface area contributed by atoms with Gasteiger partial charge in [-0.1, -0.05) is 18.2 Å². The minimum absolute atomic E-state index is 0.195. The van der Waals surface area contributed by atoms with Crippen LogP contribution in [0.25, 0.3) is 0 Å². The smallest absolute Gasteiger partial charge is 0.310 e. The van der Waals surface area contributed by atoms with Crippen molar-refractivity contribution in [3.05, 3.63) is 53.6 Å². The average molecular weight is 369 g/mol. The van der Waals surface area contributed by atoms with Crippen molar-refractivity contribution in [3.63, 3.8) is 0 Å². The highest BCUT2D eigenvalue weighted by molar-refractivity contribution is 5.98. The van der Waals surface area contributed by atoms with Crippen molar-refractivity contribution in [2.75, 3.05) is 18.5 Å². The predicted octanol–water partition coefficient (Wildman–Crippen LogP) is 3.56. The molecule has 6 nitrogen and oxygen atoms in total. The molecular weight excluding hydrogens is 346 g/mol. The van der Waals surface area contributed by atoms with E-state index in [1.165, 1.54) is 0 Å². The monoisotopic (exact) mass is 369 g/mol. The van der Waals surface area contributed by atoms with Crippen LogP contribution >= 0.6 is 0 Å². The SMILES string of the molecule is CC(C(=O)O)c1cccc(NC(=O)C(C)(C)c2ccc3c(c2)OCCO3)c1. The first-order valence-electron chi connectivity index (χ1n) is 8.83. The number of fused-ring (bicyclic) bond motifs is 1. The van der Waals surface area contributed by atoms with Gasteiger partial charge in [0.25, 0.3) is 0 Å². The molecule has 2 aromatic carbocycles. The van der Waals surface area contributed by atoms with Crippen LogP contribution in [-0.4, -0.2) is 30.2 Å². The van der Waals surface area contributed by atoms with Gasteiger partial charge >= 0.3 is 5.97 Å². The summed E-state index contributed by atoms with van der Waals surface area (Å²) in [5, 5.41) is 12.1. The van der Waals surface area contributed by atoms with Gasteiger partial charge in [-0.15, -0.1) is 0 Å². The minimum atomic E-state index is -0.907. The molecule has 1 unspecified atom stereocenters. The van der Waals surface area contributed by atoms with Gasteiger partial charge in [0.05, 0.1) is 11.3 Å². The molecule has 3 rings (SSSR count). The second kappa shape index (κ2) is 7.31. The van der Waals surface area contributed by atoms with Crippen molar-refractivity contribution in [2.45, 2.75) is 32.1 Å². The lowest BCUT2D eigenvalue weighted by Crippen LogP contribution is -2.35. The number of carbonyl (C=O) groups is 2. The van der Waals surface area contributed by atoms with E-state index in [0.717, 1.165) is 5.56 Å². The molecule has 0 saturated heterocycles. The molecule has 0 saturated carbocycles. The number of carbonyl (C=O) groups excluding carboxylic acids is 1. The zero-order valence-corrected chi connectivity index (χ0v) is 15.6. The topological polar surface area (TPSA) is 84.9 Å². The van der Waals surface area contributed by atoms with Crippen LogP contribution in [-0.2, 0) is 15.0 Å². The summed E-state index contributed by atoms with van der Waals surface area (Å²) in [5.41, 5.74) is 1.19. The van der Waals surface area contributed by atoms with Crippen LogP contribution in [0.4, 0.5) is 5.69 Å². The number of hydrogen-bond acceptors (Lipinski definition) is 4. The molecule has 6 heteroatoms. The first kappa shape index (κ1) is 18.8. The quantitative estimate of drug-likeness (QED) is 0.842. The highest BCUT2D eigenvalue weighted by atomic mass is 16.6. The van der Waals surface area contributed by atoms with E-state index in [-0.39, 0.29) is 5.91 Å². The highest BCUT2D eigenvalue weighted by Gasteiger charge is 2.31. The van der Waals surface area contributed by atoms with Crippen LogP contribution in [0.2, 0.25) is 0 Å². The maximum atomic E-state index is 12.9. The average Bonchev–Trinajstić information content (AvgIpc) is 2.67. The first-order valence-corrected chi connectivity index (χ1v) is 8.83. The van der Waals surface area contributed by atoms with Crippen molar-refractivity contribution in [3.8, 4) is 11.5 Å². The van der Waals surface area contributed by atoms with E-state index in [9.17, 15) is 14.7 Å². The normalized spacial score (nSPS) is 14.3. The van der Waals surface area contributed by atoms with E-state index in [1.54, 1.807) is 31.2 Å². The summed E-state index contributed by atoms with van der Waals surface area (Å²) in [6, 6.07) is 12.4. The van der Waals surface area contributed by atoms with Gasteiger partial charge in [0, 0.05) is 5.69 Å². The van der Waals surface area contributed by atoms with Gasteiger partial charge < -0.3 is 19.9 Å². The Morgan fingerprint density at radius 1 is 1.07 bits per heavy atom. The van der Waals surface area contributed by atoms with Crippen molar-refractivity contribution >= 4 is 17.6 Å². The first-order chi connectivity index (χ1) is 12.8. The molecule has 0 aromatic heterocycles. The summed E-state index contributed by atoms with van der Waals surface area (Å²) < 4.78 is 11.1. The van der Waals surface area contributed by atoms with Crippen LogP contribution in [0.5, 0.6) is 11.5 Å². The molecule has 1 aliphatic heterocycles. The molecule has 2 N–H and O–H groups in total. The fourth-order valence-electron chi connectivity index (χ4n) is 2.88. The van der Waals surface area contributed by atoms with Gasteiger partial charge in [-0.05, 0) is 56.2 Å². The Balaban J connectivity index is 1.81. The molecule has 142 valence electrons. The standard InChI is InChI=1S/C21H23NO5/c1-13(19(23)24)14-5-4-6-16(11-14)22-20(25)21(2,3)15-7-8-17-18(12-15)27-10-9-26-17/h4-8,11-13H,9-10H2,1-3H3,(H,22,25)(H,23,24). The summed E-state index contributed by atoms with van der Waals surface area (Å²) in [7, 11) is 0. The van der Waals surface area contributed by atoms with E-state index < -0.39 is 17.3 Å². The number of benzene rings is 2. The predicted molar refractivity (Wildman–Crippen MR) is 102 cm³/mol. The van der Waals surface area contributed by atoms with Gasteiger partial charge in [0.2, 0.25) is 5.91 Å². The van der Waals surface area contributed by atoms with E-state index in [1.807, 2.05) is 32.0 Å². The van der Waals surface area contributed by atoms with Crippen molar-refractivity contribution in [1.29, 1.82) is 0 Å². The number of aliphatic carboxylic acids is 1. The maximum absolute atomic E-state index is 12.9. The molecule has 0 spiro atoms. The zero-order valence-electron chi connectivity index (χ0n) is 15.6. The Morgan fingerprint density at radius 2 is 1.78 bits per heavy atom. The van der Waals surface area contributed by atoms with E-state index in [0.29, 0.717) is 36.0 Å². The molecule has 1 heterocycles. The number of carboxylic acid groups (broad SMARTS) is 1. The number of carboxylic acids is 1. The number of anilines is 1. The van der Waals surface area contributed by atoms with Gasteiger partial charge in [-0.25, -0.2) is 0 Å². The molecule has 0 fully saturated rings. The Labute approximate surface area is 158 Å². The van der Waals surface area contributed by atoms with Crippen molar-refractivity contribution in [1.82, 2.24) is 0 Å². The molecule has 0 radical (unpaired) electrons. The van der Waals surface area contributed by atoms with Crippen LogP contribution in [0, 0.1) is 0 Å². The summed E-state index contributed by atoms with van der Waals surface area (Å²) in [4.78, 5) is 24.1. The lowest BCUT2D eigenvalue weighted by molar-refractivity contribution is -0.138. The summed E-state index contributed by atoms with van der Waals surface area (Å²) in [5.74, 6) is -0.435. The van der Waals surface area contributed by atoms with E-state index in [4.69, 9.17) is 9.47 Å². The van der Waals surface area contributed by atoms with Crippen LogP contribution in [0.15, 0.2) is 42.5 Å². The third-order valence-electron chi connectivity index (χ3n) is 4.85. The van der Waals surface area contributed by atoms with Crippen LogP contribution < -0.4 is 14.8 Å². The third kappa shape index (κ3) is 3.89.